The lowest BCUT2D eigenvalue weighted by molar-refractivity contribution is 0.102. The summed E-state index contributed by atoms with van der Waals surface area (Å²) in [6.45, 7) is 0. The summed E-state index contributed by atoms with van der Waals surface area (Å²) in [5.41, 5.74) is 7.10. The number of nitrogens with zero attached hydrogens (tertiary/aromatic N) is 1. The molecule has 0 aliphatic carbocycles. The van der Waals surface area contributed by atoms with Crippen LogP contribution in [0.4, 0.5) is 5.69 Å². The van der Waals surface area contributed by atoms with Gasteiger partial charge in [0.05, 0.1) is 5.69 Å². The van der Waals surface area contributed by atoms with Gasteiger partial charge in [-0.1, -0.05) is 17.3 Å². The molecule has 21 heavy (non-hydrogen) atoms. The lowest BCUT2D eigenvalue weighted by Gasteiger charge is -2.10. The zero-order chi connectivity index (χ0) is 15.2. The minimum absolute atomic E-state index is 0.0522. The number of rotatable bonds is 4. The number of amides is 1. The van der Waals surface area contributed by atoms with Gasteiger partial charge in [0.1, 0.15) is 0 Å². The molecule has 2 aromatic carbocycles. The van der Waals surface area contributed by atoms with Gasteiger partial charge in [-0.05, 0) is 42.7 Å². The highest BCUT2D eigenvalue weighted by Gasteiger charge is 2.11. The normalized spacial score (nSPS) is 11.2. The van der Waals surface area contributed by atoms with E-state index in [2.05, 4.69) is 10.5 Å². The summed E-state index contributed by atoms with van der Waals surface area (Å²) in [5.74, 6) is -0.301. The molecule has 5 nitrogen and oxygen atoms in total. The molecule has 0 atom stereocenters. The quantitative estimate of drug-likeness (QED) is 0.266. The Hall–Kier alpha value is -2.47. The first kappa shape index (κ1) is 14.9. The van der Waals surface area contributed by atoms with Crippen molar-refractivity contribution in [3.8, 4) is 0 Å². The van der Waals surface area contributed by atoms with Crippen LogP contribution in [-0.2, 0) is 0 Å². The SMILES string of the molecule is CSc1ccc(C(=O)Nc2ccccc2C(N)=NO)cc1. The van der Waals surface area contributed by atoms with Crippen LogP contribution in [0.25, 0.3) is 0 Å². The fourth-order valence-corrected chi connectivity index (χ4v) is 2.21. The van der Waals surface area contributed by atoms with Crippen molar-refractivity contribution in [1.29, 1.82) is 0 Å². The van der Waals surface area contributed by atoms with Crippen molar-refractivity contribution in [2.75, 3.05) is 11.6 Å². The highest BCUT2D eigenvalue weighted by Crippen LogP contribution is 2.18. The van der Waals surface area contributed by atoms with E-state index in [1.54, 1.807) is 48.2 Å². The third kappa shape index (κ3) is 3.55. The summed E-state index contributed by atoms with van der Waals surface area (Å²) in [6, 6.07) is 14.2. The maximum atomic E-state index is 12.2. The molecular weight excluding hydrogens is 286 g/mol. The number of benzene rings is 2. The van der Waals surface area contributed by atoms with E-state index in [0.717, 1.165) is 4.90 Å². The topological polar surface area (TPSA) is 87.7 Å². The Morgan fingerprint density at radius 2 is 1.86 bits per heavy atom. The van der Waals surface area contributed by atoms with E-state index in [-0.39, 0.29) is 11.7 Å². The number of nitrogens with two attached hydrogens (primary N) is 1. The molecule has 108 valence electrons. The molecule has 0 fully saturated rings. The zero-order valence-electron chi connectivity index (χ0n) is 11.4. The number of anilines is 1. The number of hydrogen-bond donors (Lipinski definition) is 3. The fraction of sp³-hybridized carbons (Fsp3) is 0.0667. The molecule has 0 radical (unpaired) electrons. The molecule has 2 rings (SSSR count). The summed E-state index contributed by atoms with van der Waals surface area (Å²) >= 11 is 1.61. The molecule has 6 heteroatoms. The number of oxime groups is 1. The predicted octanol–water partition coefficient (Wildman–Crippen LogP) is 2.76. The van der Waals surface area contributed by atoms with Crippen LogP contribution in [0, 0.1) is 0 Å². The Morgan fingerprint density at radius 1 is 1.19 bits per heavy atom. The van der Waals surface area contributed by atoms with Crippen LogP contribution in [-0.4, -0.2) is 23.2 Å². The Labute approximate surface area is 126 Å². The molecule has 0 saturated heterocycles. The molecule has 1 amide bonds. The van der Waals surface area contributed by atoms with Gasteiger partial charge in [0, 0.05) is 16.0 Å². The van der Waals surface area contributed by atoms with Crippen molar-refractivity contribution >= 4 is 29.2 Å². The van der Waals surface area contributed by atoms with Crippen molar-refractivity contribution in [2.45, 2.75) is 4.90 Å². The summed E-state index contributed by atoms with van der Waals surface area (Å²) in [6.07, 6.45) is 1.97. The minimum atomic E-state index is -0.249. The summed E-state index contributed by atoms with van der Waals surface area (Å²) in [5, 5.41) is 14.5. The van der Waals surface area contributed by atoms with Gasteiger partial charge in [0.2, 0.25) is 0 Å². The molecule has 0 aromatic heterocycles. The minimum Gasteiger partial charge on any atom is -0.409 e. The smallest absolute Gasteiger partial charge is 0.255 e. The second kappa shape index (κ2) is 6.81. The lowest BCUT2D eigenvalue weighted by atomic mass is 10.1. The van der Waals surface area contributed by atoms with Crippen molar-refractivity contribution in [2.24, 2.45) is 10.9 Å². The zero-order valence-corrected chi connectivity index (χ0v) is 12.2. The summed E-state index contributed by atoms with van der Waals surface area (Å²) in [7, 11) is 0. The maximum Gasteiger partial charge on any atom is 0.255 e. The summed E-state index contributed by atoms with van der Waals surface area (Å²) in [4.78, 5) is 13.3. The molecule has 0 unspecified atom stereocenters. The monoisotopic (exact) mass is 301 g/mol. The Kier molecular flexibility index (Phi) is 4.84. The molecule has 0 aliphatic heterocycles. The van der Waals surface area contributed by atoms with Gasteiger partial charge < -0.3 is 16.3 Å². The first-order chi connectivity index (χ1) is 10.2. The first-order valence-corrected chi connectivity index (χ1v) is 7.40. The molecule has 2 aromatic rings. The lowest BCUT2D eigenvalue weighted by Crippen LogP contribution is -2.19. The van der Waals surface area contributed by atoms with Crippen molar-refractivity contribution < 1.29 is 10.0 Å². The van der Waals surface area contributed by atoms with Gasteiger partial charge in [0.25, 0.3) is 5.91 Å². The third-order valence-corrected chi connectivity index (χ3v) is 3.65. The Morgan fingerprint density at radius 3 is 2.48 bits per heavy atom. The van der Waals surface area contributed by atoms with E-state index in [1.165, 1.54) is 0 Å². The van der Waals surface area contributed by atoms with E-state index in [0.29, 0.717) is 16.8 Å². The summed E-state index contributed by atoms with van der Waals surface area (Å²) < 4.78 is 0. The van der Waals surface area contributed by atoms with Crippen LogP contribution < -0.4 is 11.1 Å². The molecule has 0 saturated carbocycles. The average Bonchev–Trinajstić information content (AvgIpc) is 2.54. The number of carbonyl (C=O) groups is 1. The van der Waals surface area contributed by atoms with Crippen LogP contribution in [0.5, 0.6) is 0 Å². The highest BCUT2D eigenvalue weighted by atomic mass is 32.2. The standard InChI is InChI=1S/C15H15N3O2S/c1-21-11-8-6-10(7-9-11)15(19)17-13-5-3-2-4-12(13)14(16)18-20/h2-9,20H,1H3,(H2,16,18)(H,17,19). The predicted molar refractivity (Wildman–Crippen MR) is 85.1 cm³/mol. The first-order valence-electron chi connectivity index (χ1n) is 6.18. The number of hydrogen-bond acceptors (Lipinski definition) is 4. The second-order valence-corrected chi connectivity index (χ2v) is 5.09. The third-order valence-electron chi connectivity index (χ3n) is 2.91. The molecular formula is C15H15N3O2S. The van der Waals surface area contributed by atoms with E-state index in [9.17, 15) is 4.79 Å². The van der Waals surface area contributed by atoms with E-state index >= 15 is 0 Å². The van der Waals surface area contributed by atoms with Crippen LogP contribution in [0.1, 0.15) is 15.9 Å². The van der Waals surface area contributed by atoms with Gasteiger partial charge in [-0.15, -0.1) is 11.8 Å². The van der Waals surface area contributed by atoms with Gasteiger partial charge >= 0.3 is 0 Å². The van der Waals surface area contributed by atoms with Gasteiger partial charge in [-0.3, -0.25) is 4.79 Å². The van der Waals surface area contributed by atoms with Crippen molar-refractivity contribution in [3.63, 3.8) is 0 Å². The van der Waals surface area contributed by atoms with E-state index in [4.69, 9.17) is 10.9 Å². The average molecular weight is 301 g/mol. The van der Waals surface area contributed by atoms with Gasteiger partial charge in [-0.25, -0.2) is 0 Å². The molecule has 0 bridgehead atoms. The van der Waals surface area contributed by atoms with Crippen molar-refractivity contribution in [1.82, 2.24) is 0 Å². The van der Waals surface area contributed by atoms with Crippen molar-refractivity contribution in [3.05, 3.63) is 59.7 Å². The Balaban J connectivity index is 2.23. The molecule has 0 heterocycles. The van der Waals surface area contributed by atoms with E-state index < -0.39 is 0 Å². The molecule has 0 spiro atoms. The number of para-hydroxylation sites is 1. The Bertz CT molecular complexity index is 669. The highest BCUT2D eigenvalue weighted by molar-refractivity contribution is 7.98. The number of thioether (sulfide) groups is 1. The maximum absolute atomic E-state index is 12.2. The van der Waals surface area contributed by atoms with Crippen LogP contribution in [0.3, 0.4) is 0 Å². The van der Waals surface area contributed by atoms with Gasteiger partial charge in [-0.2, -0.15) is 0 Å². The van der Waals surface area contributed by atoms with Gasteiger partial charge in [0.15, 0.2) is 5.84 Å². The largest absolute Gasteiger partial charge is 0.409 e. The second-order valence-electron chi connectivity index (χ2n) is 4.21. The number of carbonyl (C=O) groups excluding carboxylic acids is 1. The van der Waals surface area contributed by atoms with Crippen LogP contribution in [0.2, 0.25) is 0 Å². The number of amidine groups is 1. The molecule has 4 N–H and O–H groups in total. The van der Waals surface area contributed by atoms with E-state index in [1.807, 2.05) is 18.4 Å². The molecule has 0 aliphatic rings. The fourth-order valence-electron chi connectivity index (χ4n) is 1.81. The van der Waals surface area contributed by atoms with Crippen LogP contribution >= 0.6 is 11.8 Å². The number of nitrogens with one attached hydrogen (secondary N) is 1. The van der Waals surface area contributed by atoms with Crippen LogP contribution in [0.15, 0.2) is 58.6 Å².